The van der Waals surface area contributed by atoms with Crippen molar-refractivity contribution >= 4 is 16.9 Å². The molecule has 5 rings (SSSR count). The summed E-state index contributed by atoms with van der Waals surface area (Å²) in [6.45, 7) is 1.39. The third kappa shape index (κ3) is 4.93. The number of rotatable bonds is 7. The number of methoxy groups -OCH3 is 1. The fraction of sp³-hybridized carbons (Fsp3) is 0.310. The highest BCUT2D eigenvalue weighted by atomic mass is 16.5. The maximum absolute atomic E-state index is 12.9. The van der Waals surface area contributed by atoms with Gasteiger partial charge in [-0.3, -0.25) is 4.79 Å². The van der Waals surface area contributed by atoms with Crippen LogP contribution in [0.1, 0.15) is 36.0 Å². The van der Waals surface area contributed by atoms with E-state index in [1.54, 1.807) is 19.2 Å². The molecule has 5 N–H and O–H groups in total. The normalized spacial score (nSPS) is 17.7. The summed E-state index contributed by atoms with van der Waals surface area (Å²) in [6, 6.07) is 18.6. The van der Waals surface area contributed by atoms with Crippen LogP contribution in [0.2, 0.25) is 0 Å². The lowest BCUT2D eigenvalue weighted by Gasteiger charge is -2.28. The first-order chi connectivity index (χ1) is 17.6. The van der Waals surface area contributed by atoms with E-state index in [9.17, 15) is 9.90 Å². The van der Waals surface area contributed by atoms with Gasteiger partial charge in [-0.1, -0.05) is 30.7 Å². The van der Waals surface area contributed by atoms with Crippen molar-refractivity contribution in [1.29, 1.82) is 0 Å². The number of amides is 1. The quantitative estimate of drug-likeness (QED) is 0.291. The molecule has 1 heterocycles. The van der Waals surface area contributed by atoms with Gasteiger partial charge < -0.3 is 25.9 Å². The summed E-state index contributed by atoms with van der Waals surface area (Å²) in [5, 5.41) is 13.7. The number of ether oxygens (including phenoxy) is 1. The van der Waals surface area contributed by atoms with Gasteiger partial charge in [0.25, 0.3) is 5.91 Å². The van der Waals surface area contributed by atoms with E-state index in [0.717, 1.165) is 47.3 Å². The summed E-state index contributed by atoms with van der Waals surface area (Å²) in [5.41, 5.74) is 10.3. The summed E-state index contributed by atoms with van der Waals surface area (Å²) in [5.74, 6) is 2.36. The number of aromatic nitrogens is 2. The summed E-state index contributed by atoms with van der Waals surface area (Å²) < 4.78 is 5.50. The molecule has 0 saturated heterocycles. The van der Waals surface area contributed by atoms with Crippen molar-refractivity contribution in [2.45, 2.75) is 25.7 Å². The molecule has 0 spiro atoms. The lowest BCUT2D eigenvalue weighted by molar-refractivity contribution is 0.0940. The molecule has 1 amide bonds. The van der Waals surface area contributed by atoms with E-state index in [1.165, 1.54) is 12.8 Å². The molecule has 0 aliphatic heterocycles. The van der Waals surface area contributed by atoms with Crippen LogP contribution in [-0.4, -0.2) is 41.2 Å². The highest BCUT2D eigenvalue weighted by Crippen LogP contribution is 2.36. The summed E-state index contributed by atoms with van der Waals surface area (Å²) in [6.07, 6.45) is 4.59. The molecule has 186 valence electrons. The van der Waals surface area contributed by atoms with Gasteiger partial charge in [0.05, 0.1) is 23.7 Å². The van der Waals surface area contributed by atoms with Crippen molar-refractivity contribution in [3.8, 4) is 34.0 Å². The first-order valence-corrected chi connectivity index (χ1v) is 12.5. The van der Waals surface area contributed by atoms with Crippen LogP contribution in [0.3, 0.4) is 0 Å². The van der Waals surface area contributed by atoms with Crippen LogP contribution < -0.4 is 15.8 Å². The van der Waals surface area contributed by atoms with Gasteiger partial charge in [-0.2, -0.15) is 0 Å². The van der Waals surface area contributed by atoms with Crippen LogP contribution >= 0.6 is 0 Å². The lowest BCUT2D eigenvalue weighted by atomic mass is 9.81. The van der Waals surface area contributed by atoms with Crippen LogP contribution in [0.25, 0.3) is 33.5 Å². The van der Waals surface area contributed by atoms with Crippen molar-refractivity contribution in [1.82, 2.24) is 15.3 Å². The summed E-state index contributed by atoms with van der Waals surface area (Å²) in [4.78, 5) is 20.8. The third-order valence-corrected chi connectivity index (χ3v) is 7.19. The first kappa shape index (κ1) is 23.9. The smallest absolute Gasteiger partial charge is 0.251 e. The number of nitrogens with zero attached hydrogens (tertiary/aromatic N) is 1. The zero-order valence-electron chi connectivity index (χ0n) is 20.5. The monoisotopic (exact) mass is 484 g/mol. The second-order valence-electron chi connectivity index (χ2n) is 9.59. The first-order valence-electron chi connectivity index (χ1n) is 12.5. The van der Waals surface area contributed by atoms with Gasteiger partial charge in [0.15, 0.2) is 0 Å². The number of fused-ring (bicyclic) bond motifs is 1. The molecule has 36 heavy (non-hydrogen) atoms. The fourth-order valence-electron chi connectivity index (χ4n) is 5.20. The van der Waals surface area contributed by atoms with E-state index in [4.69, 9.17) is 10.5 Å². The Morgan fingerprint density at radius 3 is 2.78 bits per heavy atom. The van der Waals surface area contributed by atoms with E-state index in [-0.39, 0.29) is 11.7 Å². The van der Waals surface area contributed by atoms with E-state index in [1.807, 2.05) is 48.5 Å². The minimum atomic E-state index is -0.0936. The van der Waals surface area contributed by atoms with Crippen LogP contribution in [-0.2, 0) is 0 Å². The Morgan fingerprint density at radius 2 is 1.94 bits per heavy atom. The number of hydrogen-bond donors (Lipinski definition) is 4. The molecular formula is C29H32N4O3. The number of nitrogens with two attached hydrogens (primary N) is 1. The molecule has 1 aromatic heterocycles. The van der Waals surface area contributed by atoms with Crippen LogP contribution in [0, 0.1) is 11.8 Å². The van der Waals surface area contributed by atoms with Crippen LogP contribution in [0.4, 0.5) is 0 Å². The molecule has 4 aromatic rings. The Hall–Kier alpha value is -3.84. The zero-order valence-corrected chi connectivity index (χ0v) is 20.5. The number of phenolic OH excluding ortho intramolecular Hbond substituents is 1. The number of phenols is 1. The topological polar surface area (TPSA) is 113 Å². The number of imidazole rings is 1. The minimum Gasteiger partial charge on any atom is -0.507 e. The van der Waals surface area contributed by atoms with Gasteiger partial charge >= 0.3 is 0 Å². The lowest BCUT2D eigenvalue weighted by Crippen LogP contribution is -2.33. The number of aromatic hydroxyl groups is 1. The molecule has 1 aliphatic rings. The van der Waals surface area contributed by atoms with Crippen molar-refractivity contribution in [2.24, 2.45) is 17.6 Å². The number of H-pyrrole nitrogens is 1. The number of nitrogens with one attached hydrogen (secondary N) is 2. The zero-order chi connectivity index (χ0) is 25.1. The highest BCUT2D eigenvalue weighted by Gasteiger charge is 2.22. The van der Waals surface area contributed by atoms with Gasteiger partial charge in [0, 0.05) is 17.7 Å². The number of hydrogen-bond acceptors (Lipinski definition) is 5. The minimum absolute atomic E-state index is 0.0936. The van der Waals surface area contributed by atoms with E-state index in [2.05, 4.69) is 15.3 Å². The van der Waals surface area contributed by atoms with Gasteiger partial charge in [0.2, 0.25) is 0 Å². The molecule has 1 fully saturated rings. The standard InChI is InChI=1S/C29H32N4O3/c1-36-27-8-3-2-7-22(27)20-10-12-26(34)23(14-20)28-32-24-11-9-21(15-25(24)33-28)29(35)31-17-19-6-4-5-18(13-19)16-30/h2-3,7-12,14-15,18-19,34H,4-6,13,16-17,30H2,1H3,(H,31,35)(H,32,33). The average molecular weight is 485 g/mol. The Bertz CT molecular complexity index is 1380. The molecule has 0 radical (unpaired) electrons. The van der Waals surface area contributed by atoms with Gasteiger partial charge in [-0.15, -0.1) is 0 Å². The Morgan fingerprint density at radius 1 is 1.11 bits per heavy atom. The van der Waals surface area contributed by atoms with Crippen LogP contribution in [0.15, 0.2) is 60.7 Å². The molecule has 0 bridgehead atoms. The van der Waals surface area contributed by atoms with Crippen molar-refractivity contribution in [3.63, 3.8) is 0 Å². The van der Waals surface area contributed by atoms with Crippen molar-refractivity contribution in [3.05, 3.63) is 66.2 Å². The number of carbonyl (C=O) groups excluding carboxylic acids is 1. The summed E-state index contributed by atoms with van der Waals surface area (Å²) in [7, 11) is 1.64. The second-order valence-corrected chi connectivity index (χ2v) is 9.59. The number of benzene rings is 3. The van der Waals surface area contributed by atoms with E-state index in [0.29, 0.717) is 35.3 Å². The van der Waals surface area contributed by atoms with Gasteiger partial charge in [-0.25, -0.2) is 4.98 Å². The molecule has 7 nitrogen and oxygen atoms in total. The maximum Gasteiger partial charge on any atom is 0.251 e. The predicted octanol–water partition coefficient (Wildman–Crippen LogP) is 5.11. The average Bonchev–Trinajstić information content (AvgIpc) is 3.35. The Kier molecular flexibility index (Phi) is 6.91. The van der Waals surface area contributed by atoms with Gasteiger partial charge in [-0.05, 0) is 79.6 Å². The van der Waals surface area contributed by atoms with Crippen molar-refractivity contribution in [2.75, 3.05) is 20.2 Å². The Balaban J connectivity index is 1.37. The fourth-order valence-corrected chi connectivity index (χ4v) is 5.20. The number of para-hydroxylation sites is 1. The van der Waals surface area contributed by atoms with Gasteiger partial charge in [0.1, 0.15) is 17.3 Å². The molecule has 3 aromatic carbocycles. The third-order valence-electron chi connectivity index (χ3n) is 7.19. The molecule has 2 atom stereocenters. The molecule has 7 heteroatoms. The Labute approximate surface area is 210 Å². The largest absolute Gasteiger partial charge is 0.507 e. The maximum atomic E-state index is 12.9. The highest BCUT2D eigenvalue weighted by molar-refractivity contribution is 5.97. The number of aromatic amines is 1. The number of carbonyl (C=O) groups is 1. The molecular weight excluding hydrogens is 452 g/mol. The molecule has 1 saturated carbocycles. The van der Waals surface area contributed by atoms with E-state index < -0.39 is 0 Å². The van der Waals surface area contributed by atoms with Crippen molar-refractivity contribution < 1.29 is 14.6 Å². The predicted molar refractivity (Wildman–Crippen MR) is 142 cm³/mol. The van der Waals surface area contributed by atoms with Crippen LogP contribution in [0.5, 0.6) is 11.5 Å². The molecule has 2 unspecified atom stereocenters. The summed E-state index contributed by atoms with van der Waals surface area (Å²) >= 11 is 0. The second kappa shape index (κ2) is 10.4. The molecule has 1 aliphatic carbocycles. The van der Waals surface area contributed by atoms with E-state index >= 15 is 0 Å². The SMILES string of the molecule is COc1ccccc1-c1ccc(O)c(-c2nc3ccc(C(=O)NCC4CCCC(CN)C4)cc3[nH]2)c1.